The number of benzene rings is 1. The molecule has 1 aliphatic rings. The van der Waals surface area contributed by atoms with Crippen molar-refractivity contribution < 1.29 is 22.8 Å². The number of carbonyl (C=O) groups excluding carboxylic acids is 2. The van der Waals surface area contributed by atoms with Gasteiger partial charge in [0.15, 0.2) is 0 Å². The molecule has 0 atom stereocenters. The highest BCUT2D eigenvalue weighted by Gasteiger charge is 2.30. The fraction of sp³-hybridized carbons (Fsp3) is 0.368. The second-order valence-corrected chi connectivity index (χ2v) is 6.51. The standard InChI is InChI=1S/C19H20F2N2O3/c1-22(11-14-2-3-16(20)10-17(14)21)18(24)13-4-7-23(8-5-13)19(25)15-6-9-26-12-15/h2-3,6,9-10,12-13H,4-5,7-8,11H2,1H3. The summed E-state index contributed by atoms with van der Waals surface area (Å²) in [5, 5.41) is 0. The zero-order valence-corrected chi connectivity index (χ0v) is 14.5. The molecule has 138 valence electrons. The van der Waals surface area contributed by atoms with E-state index in [9.17, 15) is 18.4 Å². The molecule has 1 aliphatic heterocycles. The third kappa shape index (κ3) is 3.92. The fourth-order valence-corrected chi connectivity index (χ4v) is 3.19. The van der Waals surface area contributed by atoms with Gasteiger partial charge in [-0.2, -0.15) is 0 Å². The molecule has 1 aromatic carbocycles. The Labute approximate surface area is 150 Å². The summed E-state index contributed by atoms with van der Waals surface area (Å²) in [7, 11) is 1.61. The molecule has 5 nitrogen and oxygen atoms in total. The van der Waals surface area contributed by atoms with Gasteiger partial charge in [-0.1, -0.05) is 6.07 Å². The average molecular weight is 362 g/mol. The summed E-state index contributed by atoms with van der Waals surface area (Å²) in [6.07, 6.45) is 3.97. The molecule has 2 amide bonds. The molecule has 3 rings (SSSR count). The Bertz CT molecular complexity index is 784. The summed E-state index contributed by atoms with van der Waals surface area (Å²) in [6, 6.07) is 4.95. The summed E-state index contributed by atoms with van der Waals surface area (Å²) < 4.78 is 31.7. The Balaban J connectivity index is 1.55. The summed E-state index contributed by atoms with van der Waals surface area (Å²) in [4.78, 5) is 28.0. The first-order valence-corrected chi connectivity index (χ1v) is 8.46. The molecule has 0 spiro atoms. The number of amides is 2. The topological polar surface area (TPSA) is 53.8 Å². The van der Waals surface area contributed by atoms with Crippen molar-refractivity contribution in [1.29, 1.82) is 0 Å². The zero-order valence-electron chi connectivity index (χ0n) is 14.5. The van der Waals surface area contributed by atoms with E-state index < -0.39 is 11.6 Å². The zero-order chi connectivity index (χ0) is 18.7. The third-order valence-electron chi connectivity index (χ3n) is 4.70. The Morgan fingerprint density at radius 1 is 1.23 bits per heavy atom. The second-order valence-electron chi connectivity index (χ2n) is 6.51. The van der Waals surface area contributed by atoms with Crippen LogP contribution in [0.4, 0.5) is 8.78 Å². The summed E-state index contributed by atoms with van der Waals surface area (Å²) in [5.74, 6) is -1.72. The molecular formula is C19H20F2N2O3. The van der Waals surface area contributed by atoms with Crippen LogP contribution in [0.1, 0.15) is 28.8 Å². The van der Waals surface area contributed by atoms with Gasteiger partial charge < -0.3 is 14.2 Å². The molecular weight excluding hydrogens is 342 g/mol. The molecule has 26 heavy (non-hydrogen) atoms. The molecule has 0 aliphatic carbocycles. The second kappa shape index (κ2) is 7.68. The van der Waals surface area contributed by atoms with E-state index >= 15 is 0 Å². The normalized spacial score (nSPS) is 15.1. The largest absolute Gasteiger partial charge is 0.472 e. The minimum Gasteiger partial charge on any atom is -0.472 e. The van der Waals surface area contributed by atoms with Crippen LogP contribution in [-0.4, -0.2) is 41.8 Å². The van der Waals surface area contributed by atoms with Crippen molar-refractivity contribution in [3.63, 3.8) is 0 Å². The molecule has 2 aromatic rings. The number of carbonyl (C=O) groups is 2. The number of piperidine rings is 1. The predicted octanol–water partition coefficient (Wildman–Crippen LogP) is 3.07. The molecule has 0 saturated carbocycles. The third-order valence-corrected chi connectivity index (χ3v) is 4.70. The fourth-order valence-electron chi connectivity index (χ4n) is 3.19. The molecule has 1 aromatic heterocycles. The summed E-state index contributed by atoms with van der Waals surface area (Å²) >= 11 is 0. The Morgan fingerprint density at radius 3 is 2.58 bits per heavy atom. The number of likely N-dealkylation sites (tertiary alicyclic amines) is 1. The molecule has 2 heterocycles. The first-order chi connectivity index (χ1) is 12.5. The van der Waals surface area contributed by atoms with Gasteiger partial charge in [-0.25, -0.2) is 8.78 Å². The smallest absolute Gasteiger partial charge is 0.257 e. The van der Waals surface area contributed by atoms with Crippen molar-refractivity contribution >= 4 is 11.8 Å². The Morgan fingerprint density at radius 2 is 1.96 bits per heavy atom. The van der Waals surface area contributed by atoms with Gasteiger partial charge in [0.2, 0.25) is 5.91 Å². The number of halogens is 2. The molecule has 1 fully saturated rings. The van der Waals surface area contributed by atoms with Gasteiger partial charge >= 0.3 is 0 Å². The van der Waals surface area contributed by atoms with Crippen LogP contribution in [0.3, 0.4) is 0 Å². The number of rotatable bonds is 4. The van der Waals surface area contributed by atoms with Crippen LogP contribution < -0.4 is 0 Å². The van der Waals surface area contributed by atoms with Crippen molar-refractivity contribution in [2.24, 2.45) is 5.92 Å². The van der Waals surface area contributed by atoms with Crippen LogP contribution in [0.2, 0.25) is 0 Å². The minimum absolute atomic E-state index is 0.0825. The van der Waals surface area contributed by atoms with Gasteiger partial charge in [0.25, 0.3) is 5.91 Å². The molecule has 7 heteroatoms. The van der Waals surface area contributed by atoms with Crippen molar-refractivity contribution in [1.82, 2.24) is 9.80 Å². The van der Waals surface area contributed by atoms with Crippen molar-refractivity contribution in [2.75, 3.05) is 20.1 Å². The van der Waals surface area contributed by atoms with Crippen LogP contribution in [0.5, 0.6) is 0 Å². The van der Waals surface area contributed by atoms with E-state index in [1.807, 2.05) is 0 Å². The maximum Gasteiger partial charge on any atom is 0.257 e. The van der Waals surface area contributed by atoms with E-state index in [4.69, 9.17) is 4.42 Å². The van der Waals surface area contributed by atoms with E-state index in [0.717, 1.165) is 6.07 Å². The van der Waals surface area contributed by atoms with Crippen molar-refractivity contribution in [3.8, 4) is 0 Å². The van der Waals surface area contributed by atoms with E-state index in [0.29, 0.717) is 31.5 Å². The SMILES string of the molecule is CN(Cc1ccc(F)cc1F)C(=O)C1CCN(C(=O)c2ccoc2)CC1. The number of furan rings is 1. The van der Waals surface area contributed by atoms with Crippen LogP contribution >= 0.6 is 0 Å². The van der Waals surface area contributed by atoms with E-state index in [2.05, 4.69) is 0 Å². The van der Waals surface area contributed by atoms with Gasteiger partial charge in [-0.3, -0.25) is 9.59 Å². The number of hydrogen-bond acceptors (Lipinski definition) is 3. The predicted molar refractivity (Wildman–Crippen MR) is 90.2 cm³/mol. The van der Waals surface area contributed by atoms with Crippen LogP contribution in [-0.2, 0) is 11.3 Å². The molecule has 0 N–H and O–H groups in total. The quantitative estimate of drug-likeness (QED) is 0.840. The Kier molecular flexibility index (Phi) is 5.35. The van der Waals surface area contributed by atoms with Crippen molar-refractivity contribution in [3.05, 3.63) is 59.6 Å². The molecule has 0 radical (unpaired) electrons. The average Bonchev–Trinajstić information content (AvgIpc) is 3.17. The van der Waals surface area contributed by atoms with Crippen LogP contribution in [0.15, 0.2) is 41.2 Å². The lowest BCUT2D eigenvalue weighted by atomic mass is 9.95. The Hall–Kier alpha value is -2.70. The first kappa shape index (κ1) is 18.1. The van der Waals surface area contributed by atoms with E-state index in [1.165, 1.54) is 29.6 Å². The highest BCUT2D eigenvalue weighted by molar-refractivity contribution is 5.94. The highest BCUT2D eigenvalue weighted by Crippen LogP contribution is 2.22. The number of hydrogen-bond donors (Lipinski definition) is 0. The van der Waals surface area contributed by atoms with Crippen molar-refractivity contribution in [2.45, 2.75) is 19.4 Å². The molecule has 0 bridgehead atoms. The van der Waals surface area contributed by atoms with Gasteiger partial charge in [0.05, 0.1) is 11.8 Å². The van der Waals surface area contributed by atoms with E-state index in [-0.39, 0.29) is 29.8 Å². The maximum atomic E-state index is 13.8. The summed E-state index contributed by atoms with van der Waals surface area (Å²) in [6.45, 7) is 1.05. The lowest BCUT2D eigenvalue weighted by molar-refractivity contribution is -0.136. The first-order valence-electron chi connectivity index (χ1n) is 8.46. The monoisotopic (exact) mass is 362 g/mol. The van der Waals surface area contributed by atoms with Gasteiger partial charge in [-0.05, 0) is 25.0 Å². The van der Waals surface area contributed by atoms with Gasteiger partial charge in [0, 0.05) is 44.2 Å². The van der Waals surface area contributed by atoms with Gasteiger partial charge in [-0.15, -0.1) is 0 Å². The lowest BCUT2D eigenvalue weighted by Crippen LogP contribution is -2.43. The van der Waals surface area contributed by atoms with Crippen LogP contribution in [0.25, 0.3) is 0 Å². The van der Waals surface area contributed by atoms with Crippen LogP contribution in [0, 0.1) is 17.6 Å². The van der Waals surface area contributed by atoms with Gasteiger partial charge in [0.1, 0.15) is 17.9 Å². The summed E-state index contributed by atoms with van der Waals surface area (Å²) in [5.41, 5.74) is 0.772. The maximum absolute atomic E-state index is 13.8. The minimum atomic E-state index is -0.662. The van der Waals surface area contributed by atoms with E-state index in [1.54, 1.807) is 18.0 Å². The number of nitrogens with zero attached hydrogens (tertiary/aromatic N) is 2. The highest BCUT2D eigenvalue weighted by atomic mass is 19.1. The molecule has 0 unspecified atom stereocenters. The molecule has 1 saturated heterocycles. The lowest BCUT2D eigenvalue weighted by Gasteiger charge is -2.33.